The Hall–Kier alpha value is -2.73. The number of nitrogens with zero attached hydrogens (tertiary/aromatic N) is 4. The van der Waals surface area contributed by atoms with Crippen LogP contribution < -0.4 is 0 Å². The van der Waals surface area contributed by atoms with Gasteiger partial charge in [-0.1, -0.05) is 17.7 Å². The maximum atomic E-state index is 11.2. The van der Waals surface area contributed by atoms with E-state index in [0.717, 1.165) is 29.5 Å². The molecule has 0 aliphatic rings. The van der Waals surface area contributed by atoms with Gasteiger partial charge in [-0.15, -0.1) is 10.2 Å². The van der Waals surface area contributed by atoms with E-state index in [1.807, 2.05) is 35.8 Å². The molecule has 0 unspecified atom stereocenters. The summed E-state index contributed by atoms with van der Waals surface area (Å²) in [4.78, 5) is 15.6. The predicted molar refractivity (Wildman–Crippen MR) is 99.1 cm³/mol. The molecule has 6 nitrogen and oxygen atoms in total. The second-order valence-electron chi connectivity index (χ2n) is 6.13. The van der Waals surface area contributed by atoms with Gasteiger partial charge in [-0.25, -0.2) is 4.79 Å². The van der Waals surface area contributed by atoms with E-state index in [4.69, 9.17) is 16.7 Å². The third kappa shape index (κ3) is 4.08. The van der Waals surface area contributed by atoms with E-state index >= 15 is 0 Å². The lowest BCUT2D eigenvalue weighted by Gasteiger charge is -2.09. The first-order valence-corrected chi connectivity index (χ1v) is 8.69. The first-order valence-electron chi connectivity index (χ1n) is 8.32. The summed E-state index contributed by atoms with van der Waals surface area (Å²) in [7, 11) is 0. The van der Waals surface area contributed by atoms with Crippen molar-refractivity contribution >= 4 is 17.6 Å². The molecule has 0 atom stereocenters. The predicted octanol–water partition coefficient (Wildman–Crippen LogP) is 3.81. The Kier molecular flexibility index (Phi) is 5.32. The van der Waals surface area contributed by atoms with Crippen molar-refractivity contribution in [1.29, 1.82) is 0 Å². The minimum absolute atomic E-state index is 0.269. The summed E-state index contributed by atoms with van der Waals surface area (Å²) >= 11 is 6.10. The average molecular weight is 371 g/mol. The molecule has 7 heteroatoms. The number of aromatic carboxylic acids is 1. The van der Waals surface area contributed by atoms with Crippen molar-refractivity contribution in [3.8, 4) is 5.69 Å². The number of carboxylic acid groups (broad SMARTS) is 1. The van der Waals surface area contributed by atoms with E-state index < -0.39 is 5.97 Å². The van der Waals surface area contributed by atoms with E-state index in [-0.39, 0.29) is 5.56 Å². The molecule has 0 fully saturated rings. The Labute approximate surface area is 156 Å². The number of aryl methyl sites for hydroxylation is 4. The zero-order valence-electron chi connectivity index (χ0n) is 14.6. The Morgan fingerprint density at radius 2 is 1.96 bits per heavy atom. The fourth-order valence-electron chi connectivity index (χ4n) is 2.94. The van der Waals surface area contributed by atoms with Crippen LogP contribution in [0, 0.1) is 13.8 Å². The number of hydrogen-bond donors (Lipinski definition) is 1. The van der Waals surface area contributed by atoms with Gasteiger partial charge in [0, 0.05) is 22.8 Å². The molecule has 2 heterocycles. The van der Waals surface area contributed by atoms with E-state index in [1.165, 1.54) is 0 Å². The molecule has 0 spiro atoms. The number of pyridine rings is 1. The summed E-state index contributed by atoms with van der Waals surface area (Å²) < 4.78 is 1.98. The monoisotopic (exact) mass is 370 g/mol. The Morgan fingerprint density at radius 1 is 1.15 bits per heavy atom. The molecule has 134 valence electrons. The van der Waals surface area contributed by atoms with Crippen molar-refractivity contribution in [1.82, 2.24) is 19.7 Å². The molecule has 0 bridgehead atoms. The molecular formula is C19H19ClN4O2. The minimum atomic E-state index is -0.937. The Balaban J connectivity index is 1.75. The zero-order chi connectivity index (χ0) is 18.7. The maximum Gasteiger partial charge on any atom is 0.335 e. The number of carbonyl (C=O) groups is 1. The lowest BCUT2D eigenvalue weighted by Crippen LogP contribution is -2.05. The van der Waals surface area contributed by atoms with Crippen molar-refractivity contribution in [3.63, 3.8) is 0 Å². The van der Waals surface area contributed by atoms with Crippen LogP contribution in [0.15, 0.2) is 36.4 Å². The first-order chi connectivity index (χ1) is 12.4. The van der Waals surface area contributed by atoms with Crippen LogP contribution in [0.25, 0.3) is 5.69 Å². The lowest BCUT2D eigenvalue weighted by molar-refractivity contribution is 0.0696. The molecule has 1 aromatic carbocycles. The van der Waals surface area contributed by atoms with Gasteiger partial charge in [0.1, 0.15) is 11.6 Å². The number of hydrogen-bond acceptors (Lipinski definition) is 4. The molecule has 0 aliphatic heterocycles. The normalized spacial score (nSPS) is 10.9. The van der Waals surface area contributed by atoms with Gasteiger partial charge in [-0.05, 0) is 57.0 Å². The smallest absolute Gasteiger partial charge is 0.335 e. The van der Waals surface area contributed by atoms with E-state index in [2.05, 4.69) is 15.2 Å². The van der Waals surface area contributed by atoms with E-state index in [0.29, 0.717) is 23.6 Å². The van der Waals surface area contributed by atoms with E-state index in [9.17, 15) is 4.79 Å². The quantitative estimate of drug-likeness (QED) is 0.713. The summed E-state index contributed by atoms with van der Waals surface area (Å²) in [5.74, 6) is 0.702. The molecule has 26 heavy (non-hydrogen) atoms. The number of carboxylic acids is 1. The van der Waals surface area contributed by atoms with Crippen LogP contribution in [-0.2, 0) is 12.8 Å². The fraction of sp³-hybridized carbons (Fsp3) is 0.263. The molecule has 0 saturated carbocycles. The lowest BCUT2D eigenvalue weighted by atomic mass is 10.1. The number of aromatic nitrogens is 4. The number of halogens is 1. The summed E-state index contributed by atoms with van der Waals surface area (Å²) in [5.41, 5.74) is 2.67. The number of benzene rings is 1. The van der Waals surface area contributed by atoms with Crippen LogP contribution in [0.4, 0.5) is 0 Å². The molecule has 0 aliphatic carbocycles. The third-order valence-electron chi connectivity index (χ3n) is 4.04. The second-order valence-corrected chi connectivity index (χ2v) is 6.56. The average Bonchev–Trinajstić information content (AvgIpc) is 2.95. The summed E-state index contributed by atoms with van der Waals surface area (Å²) in [6.45, 7) is 3.70. The summed E-state index contributed by atoms with van der Waals surface area (Å²) in [5, 5.41) is 18.3. The van der Waals surface area contributed by atoms with Crippen LogP contribution in [-0.4, -0.2) is 30.8 Å². The Morgan fingerprint density at radius 3 is 2.69 bits per heavy atom. The summed E-state index contributed by atoms with van der Waals surface area (Å²) in [6.07, 6.45) is 2.16. The highest BCUT2D eigenvalue weighted by Gasteiger charge is 2.12. The van der Waals surface area contributed by atoms with Crippen molar-refractivity contribution in [2.75, 3.05) is 0 Å². The van der Waals surface area contributed by atoms with Gasteiger partial charge >= 0.3 is 5.97 Å². The van der Waals surface area contributed by atoms with Gasteiger partial charge < -0.3 is 5.11 Å². The van der Waals surface area contributed by atoms with Gasteiger partial charge in [0.25, 0.3) is 0 Å². The highest BCUT2D eigenvalue weighted by atomic mass is 35.5. The van der Waals surface area contributed by atoms with Crippen molar-refractivity contribution in [2.24, 2.45) is 0 Å². The molecule has 3 aromatic rings. The van der Waals surface area contributed by atoms with Crippen molar-refractivity contribution in [2.45, 2.75) is 33.1 Å². The minimum Gasteiger partial charge on any atom is -0.478 e. The Bertz CT molecular complexity index is 952. The molecule has 2 aromatic heterocycles. The molecule has 1 N–H and O–H groups in total. The largest absolute Gasteiger partial charge is 0.478 e. The van der Waals surface area contributed by atoms with Crippen LogP contribution in [0.3, 0.4) is 0 Å². The number of rotatable bonds is 6. The SMILES string of the molecule is Cc1cc(C(=O)O)cc(CCCc2nnc(C)n2-c2cccc(Cl)c2)n1. The van der Waals surface area contributed by atoms with Gasteiger partial charge in [0.15, 0.2) is 0 Å². The first kappa shape index (κ1) is 18.1. The van der Waals surface area contributed by atoms with E-state index in [1.54, 1.807) is 19.1 Å². The van der Waals surface area contributed by atoms with Gasteiger partial charge in [0.05, 0.1) is 11.3 Å². The topological polar surface area (TPSA) is 80.9 Å². The standard InChI is InChI=1S/C19H19ClN4O2/c1-12-9-14(19(25)26)10-16(21-12)6-4-8-18-23-22-13(2)24(18)17-7-3-5-15(20)11-17/h3,5,7,9-11H,4,6,8H2,1-2H3,(H,25,26). The molecule has 0 saturated heterocycles. The van der Waals surface area contributed by atoms with Crippen LogP contribution in [0.1, 0.15) is 39.8 Å². The molecule has 0 amide bonds. The van der Waals surface area contributed by atoms with Crippen molar-refractivity contribution in [3.05, 3.63) is 70.0 Å². The zero-order valence-corrected chi connectivity index (χ0v) is 15.4. The van der Waals surface area contributed by atoms with Crippen LogP contribution >= 0.6 is 11.6 Å². The highest BCUT2D eigenvalue weighted by molar-refractivity contribution is 6.30. The third-order valence-corrected chi connectivity index (χ3v) is 4.28. The molecule has 3 rings (SSSR count). The fourth-order valence-corrected chi connectivity index (χ4v) is 3.12. The molecular weight excluding hydrogens is 352 g/mol. The highest BCUT2D eigenvalue weighted by Crippen LogP contribution is 2.19. The van der Waals surface area contributed by atoms with Gasteiger partial charge in [0.2, 0.25) is 0 Å². The maximum absolute atomic E-state index is 11.2. The van der Waals surface area contributed by atoms with Crippen LogP contribution in [0.2, 0.25) is 5.02 Å². The van der Waals surface area contributed by atoms with Crippen molar-refractivity contribution < 1.29 is 9.90 Å². The van der Waals surface area contributed by atoms with Gasteiger partial charge in [-0.3, -0.25) is 9.55 Å². The second kappa shape index (κ2) is 7.66. The van der Waals surface area contributed by atoms with Gasteiger partial charge in [-0.2, -0.15) is 0 Å². The molecule has 0 radical (unpaired) electrons. The van der Waals surface area contributed by atoms with Crippen LogP contribution in [0.5, 0.6) is 0 Å². The summed E-state index contributed by atoms with van der Waals surface area (Å²) in [6, 6.07) is 10.8.